The van der Waals surface area contributed by atoms with Crippen molar-refractivity contribution in [3.63, 3.8) is 0 Å². The van der Waals surface area contributed by atoms with Gasteiger partial charge in [0.15, 0.2) is 23.0 Å². The number of nitrogens with zero attached hydrogens (tertiary/aromatic N) is 1. The van der Waals surface area contributed by atoms with Crippen molar-refractivity contribution in [1.29, 1.82) is 0 Å². The lowest BCUT2D eigenvalue weighted by Crippen LogP contribution is -2.24. The second-order valence-corrected chi connectivity index (χ2v) is 6.12. The molecular weight excluding hydrogens is 334 g/mol. The zero-order valence-electron chi connectivity index (χ0n) is 14.4. The molecule has 0 saturated heterocycles. The average molecular weight is 353 g/mol. The van der Waals surface area contributed by atoms with Crippen molar-refractivity contribution >= 4 is 12.0 Å². The Labute approximate surface area is 151 Å². The Bertz CT molecular complexity index is 861. The smallest absolute Gasteiger partial charge is 0.246 e. The number of hydrogen-bond donors (Lipinski definition) is 0. The summed E-state index contributed by atoms with van der Waals surface area (Å²) in [5, 5.41) is 0. The lowest BCUT2D eigenvalue weighted by atomic mass is 10.1. The summed E-state index contributed by atoms with van der Waals surface area (Å²) in [7, 11) is 1.77. The molecule has 6 nitrogen and oxygen atoms in total. The number of carbonyl (C=O) groups excluding carboxylic acids is 1. The number of benzene rings is 2. The van der Waals surface area contributed by atoms with E-state index in [9.17, 15) is 4.79 Å². The second-order valence-electron chi connectivity index (χ2n) is 6.12. The number of amides is 1. The number of rotatable bonds is 4. The first-order valence-electron chi connectivity index (χ1n) is 8.40. The predicted molar refractivity (Wildman–Crippen MR) is 95.5 cm³/mol. The van der Waals surface area contributed by atoms with E-state index in [0.29, 0.717) is 25.5 Å². The zero-order chi connectivity index (χ0) is 17.9. The van der Waals surface area contributed by atoms with Crippen LogP contribution in [0.5, 0.6) is 23.0 Å². The number of carbonyl (C=O) groups is 1. The third kappa shape index (κ3) is 3.44. The van der Waals surface area contributed by atoms with Crippen LogP contribution >= 0.6 is 0 Å². The minimum absolute atomic E-state index is 0.0856. The average Bonchev–Trinajstić information content (AvgIpc) is 3.13. The second kappa shape index (κ2) is 7.00. The van der Waals surface area contributed by atoms with Crippen LogP contribution in [-0.2, 0) is 11.3 Å². The molecule has 134 valence electrons. The van der Waals surface area contributed by atoms with Crippen molar-refractivity contribution < 1.29 is 23.7 Å². The molecule has 0 unspecified atom stereocenters. The maximum atomic E-state index is 12.4. The molecule has 0 radical (unpaired) electrons. The van der Waals surface area contributed by atoms with Crippen LogP contribution < -0.4 is 18.9 Å². The number of likely N-dealkylation sites (N-methyl/N-ethyl adjacent to an activating group) is 1. The first-order valence-corrected chi connectivity index (χ1v) is 8.40. The van der Waals surface area contributed by atoms with E-state index in [1.807, 2.05) is 36.4 Å². The SMILES string of the molecule is CN(Cc1ccc2c(c1)OCCO2)C(=O)C=Cc1ccc2c(c1)OCO2. The third-order valence-corrected chi connectivity index (χ3v) is 4.22. The van der Waals surface area contributed by atoms with Gasteiger partial charge >= 0.3 is 0 Å². The highest BCUT2D eigenvalue weighted by Crippen LogP contribution is 2.33. The standard InChI is InChI=1S/C20H19NO5/c1-21(12-15-3-6-16-18(11-15)24-9-8-23-16)20(22)7-4-14-2-5-17-19(10-14)26-13-25-17/h2-7,10-11H,8-9,12-13H2,1H3. The summed E-state index contributed by atoms with van der Waals surface area (Å²) in [4.78, 5) is 14.0. The summed E-state index contributed by atoms with van der Waals surface area (Å²) in [5.74, 6) is 2.81. The molecule has 0 aliphatic carbocycles. The molecule has 2 heterocycles. The zero-order valence-corrected chi connectivity index (χ0v) is 14.4. The fraction of sp³-hybridized carbons (Fsp3) is 0.250. The topological polar surface area (TPSA) is 57.2 Å². The van der Waals surface area contributed by atoms with Gasteiger partial charge in [0.1, 0.15) is 13.2 Å². The van der Waals surface area contributed by atoms with Crippen LogP contribution in [0.25, 0.3) is 6.08 Å². The van der Waals surface area contributed by atoms with E-state index in [1.165, 1.54) is 0 Å². The Morgan fingerprint density at radius 1 is 0.962 bits per heavy atom. The molecule has 2 aromatic rings. The molecule has 4 rings (SSSR count). The van der Waals surface area contributed by atoms with E-state index in [0.717, 1.165) is 28.4 Å². The minimum Gasteiger partial charge on any atom is -0.486 e. The molecule has 0 bridgehead atoms. The van der Waals surface area contributed by atoms with Crippen LogP contribution in [-0.4, -0.2) is 37.9 Å². The van der Waals surface area contributed by atoms with E-state index in [-0.39, 0.29) is 12.7 Å². The molecule has 0 spiro atoms. The summed E-state index contributed by atoms with van der Waals surface area (Å²) in [6, 6.07) is 11.3. The largest absolute Gasteiger partial charge is 0.486 e. The summed E-state index contributed by atoms with van der Waals surface area (Å²) in [5.41, 5.74) is 1.87. The van der Waals surface area contributed by atoms with Crippen LogP contribution in [0.1, 0.15) is 11.1 Å². The number of hydrogen-bond acceptors (Lipinski definition) is 5. The molecule has 26 heavy (non-hydrogen) atoms. The van der Waals surface area contributed by atoms with Gasteiger partial charge in [0.25, 0.3) is 0 Å². The number of fused-ring (bicyclic) bond motifs is 2. The van der Waals surface area contributed by atoms with Gasteiger partial charge in [-0.1, -0.05) is 12.1 Å². The Hall–Kier alpha value is -3.15. The van der Waals surface area contributed by atoms with Gasteiger partial charge < -0.3 is 23.8 Å². The fourth-order valence-corrected chi connectivity index (χ4v) is 2.85. The van der Waals surface area contributed by atoms with Gasteiger partial charge in [-0.25, -0.2) is 0 Å². The Morgan fingerprint density at radius 2 is 1.65 bits per heavy atom. The fourth-order valence-electron chi connectivity index (χ4n) is 2.85. The molecule has 1 amide bonds. The maximum Gasteiger partial charge on any atom is 0.246 e. The molecular formula is C20H19NO5. The molecule has 0 fully saturated rings. The van der Waals surface area contributed by atoms with Gasteiger partial charge in [0.05, 0.1) is 0 Å². The highest BCUT2D eigenvalue weighted by atomic mass is 16.7. The molecule has 0 aromatic heterocycles. The van der Waals surface area contributed by atoms with E-state index in [1.54, 1.807) is 24.1 Å². The van der Waals surface area contributed by atoms with Crippen LogP contribution in [0.2, 0.25) is 0 Å². The van der Waals surface area contributed by atoms with Crippen molar-refractivity contribution in [3.05, 3.63) is 53.6 Å². The van der Waals surface area contributed by atoms with Crippen molar-refractivity contribution in [2.45, 2.75) is 6.54 Å². The van der Waals surface area contributed by atoms with Crippen molar-refractivity contribution in [1.82, 2.24) is 4.90 Å². The van der Waals surface area contributed by atoms with Crippen molar-refractivity contribution in [3.8, 4) is 23.0 Å². The summed E-state index contributed by atoms with van der Waals surface area (Å²) >= 11 is 0. The van der Waals surface area contributed by atoms with E-state index in [4.69, 9.17) is 18.9 Å². The lowest BCUT2D eigenvalue weighted by Gasteiger charge is -2.20. The van der Waals surface area contributed by atoms with Gasteiger partial charge in [-0.05, 0) is 41.5 Å². The first-order chi connectivity index (χ1) is 12.7. The lowest BCUT2D eigenvalue weighted by molar-refractivity contribution is -0.125. The van der Waals surface area contributed by atoms with Crippen LogP contribution in [0.3, 0.4) is 0 Å². The minimum atomic E-state index is -0.0856. The maximum absolute atomic E-state index is 12.4. The van der Waals surface area contributed by atoms with E-state index in [2.05, 4.69) is 0 Å². The van der Waals surface area contributed by atoms with Crippen LogP contribution in [0.4, 0.5) is 0 Å². The quantitative estimate of drug-likeness (QED) is 0.791. The first kappa shape index (κ1) is 16.3. The van der Waals surface area contributed by atoms with Gasteiger partial charge in [0, 0.05) is 19.7 Å². The van der Waals surface area contributed by atoms with Gasteiger partial charge in [-0.2, -0.15) is 0 Å². The van der Waals surface area contributed by atoms with E-state index >= 15 is 0 Å². The van der Waals surface area contributed by atoms with Crippen LogP contribution in [0.15, 0.2) is 42.5 Å². The van der Waals surface area contributed by atoms with E-state index < -0.39 is 0 Å². The molecule has 6 heteroatoms. The molecule has 0 saturated carbocycles. The Balaban J connectivity index is 1.40. The van der Waals surface area contributed by atoms with Gasteiger partial charge in [-0.15, -0.1) is 0 Å². The van der Waals surface area contributed by atoms with Gasteiger partial charge in [-0.3, -0.25) is 4.79 Å². The van der Waals surface area contributed by atoms with Crippen LogP contribution in [0, 0.1) is 0 Å². The third-order valence-electron chi connectivity index (χ3n) is 4.22. The van der Waals surface area contributed by atoms with Crippen molar-refractivity contribution in [2.75, 3.05) is 27.1 Å². The molecule has 0 atom stereocenters. The van der Waals surface area contributed by atoms with Crippen molar-refractivity contribution in [2.24, 2.45) is 0 Å². The normalized spacial score (nSPS) is 14.5. The Kier molecular flexibility index (Phi) is 4.39. The number of ether oxygens (including phenoxy) is 4. The Morgan fingerprint density at radius 3 is 2.54 bits per heavy atom. The highest BCUT2D eigenvalue weighted by Gasteiger charge is 2.14. The highest BCUT2D eigenvalue weighted by molar-refractivity contribution is 5.91. The molecule has 0 N–H and O–H groups in total. The molecule has 2 aromatic carbocycles. The molecule has 2 aliphatic heterocycles. The van der Waals surface area contributed by atoms with Gasteiger partial charge in [0.2, 0.25) is 12.7 Å². The molecule has 2 aliphatic rings. The summed E-state index contributed by atoms with van der Waals surface area (Å²) in [6.07, 6.45) is 3.32. The monoisotopic (exact) mass is 353 g/mol. The summed E-state index contributed by atoms with van der Waals surface area (Å²) in [6.45, 7) is 1.83. The predicted octanol–water partition coefficient (Wildman–Crippen LogP) is 2.86. The summed E-state index contributed by atoms with van der Waals surface area (Å²) < 4.78 is 21.7.